The average Bonchev–Trinajstić information content (AvgIpc) is 2.83. The molecule has 80 valence electrons. The van der Waals surface area contributed by atoms with Gasteiger partial charge in [-0.3, -0.25) is 0 Å². The number of aromatic nitrogens is 1. The molecule has 1 aromatic heterocycles. The maximum absolute atomic E-state index is 3.28. The van der Waals surface area contributed by atoms with Crippen LogP contribution in [0.15, 0.2) is 60.8 Å². The molecule has 0 unspecified atom stereocenters. The fourth-order valence-electron chi connectivity index (χ4n) is 2.56. The summed E-state index contributed by atoms with van der Waals surface area (Å²) in [4.78, 5) is 3.28. The van der Waals surface area contributed by atoms with Gasteiger partial charge in [0.1, 0.15) is 0 Å². The maximum atomic E-state index is 3.28. The molecule has 0 aliphatic rings. The molecule has 0 spiro atoms. The van der Waals surface area contributed by atoms with Gasteiger partial charge >= 0.3 is 0 Å². The third-order valence-electron chi connectivity index (χ3n) is 3.42. The van der Waals surface area contributed by atoms with Crippen molar-refractivity contribution in [2.24, 2.45) is 0 Å². The Morgan fingerprint density at radius 3 is 2.53 bits per heavy atom. The summed E-state index contributed by atoms with van der Waals surface area (Å²) in [5.74, 6) is 0. The zero-order valence-corrected chi connectivity index (χ0v) is 9.27. The number of aromatic amines is 1. The summed E-state index contributed by atoms with van der Waals surface area (Å²) in [7, 11) is 0. The van der Waals surface area contributed by atoms with Gasteiger partial charge in [-0.05, 0) is 45.1 Å². The first-order valence-electron chi connectivity index (χ1n) is 5.80. The summed E-state index contributed by atoms with van der Waals surface area (Å²) < 4.78 is 0. The Morgan fingerprint density at radius 1 is 0.647 bits per heavy atom. The summed E-state index contributed by atoms with van der Waals surface area (Å²) in [6.07, 6.45) is 1.99. The first-order chi connectivity index (χ1) is 8.42. The first-order valence-corrected chi connectivity index (χ1v) is 5.80. The van der Waals surface area contributed by atoms with Crippen LogP contribution in [0.25, 0.3) is 32.4 Å². The second-order valence-corrected chi connectivity index (χ2v) is 4.42. The van der Waals surface area contributed by atoms with E-state index < -0.39 is 0 Å². The Labute approximate surface area is 98.7 Å². The van der Waals surface area contributed by atoms with E-state index in [9.17, 15) is 0 Å². The molecule has 1 heterocycles. The number of hydrogen-bond donors (Lipinski definition) is 1. The fraction of sp³-hybridized carbons (Fsp3) is 0. The van der Waals surface area contributed by atoms with Crippen molar-refractivity contribution in [3.63, 3.8) is 0 Å². The lowest BCUT2D eigenvalue weighted by atomic mass is 10.0. The molecule has 0 bridgehead atoms. The molecule has 0 amide bonds. The topological polar surface area (TPSA) is 15.8 Å². The van der Waals surface area contributed by atoms with Gasteiger partial charge in [0.2, 0.25) is 0 Å². The normalized spacial score (nSPS) is 11.5. The minimum absolute atomic E-state index is 1.20. The Morgan fingerprint density at radius 2 is 1.53 bits per heavy atom. The molecule has 0 saturated carbocycles. The van der Waals surface area contributed by atoms with Gasteiger partial charge in [0.05, 0.1) is 0 Å². The molecule has 3 aromatic carbocycles. The highest BCUT2D eigenvalue weighted by molar-refractivity contribution is 6.11. The summed E-state index contributed by atoms with van der Waals surface area (Å²) in [5.41, 5.74) is 1.20. The predicted octanol–water partition coefficient (Wildman–Crippen LogP) is 4.47. The molecule has 0 atom stereocenters. The molecule has 0 saturated heterocycles. The van der Waals surface area contributed by atoms with Crippen molar-refractivity contribution in [2.45, 2.75) is 0 Å². The molecule has 0 aliphatic carbocycles. The van der Waals surface area contributed by atoms with Gasteiger partial charge in [0.25, 0.3) is 0 Å². The number of H-pyrrole nitrogens is 1. The van der Waals surface area contributed by atoms with Gasteiger partial charge in [0.15, 0.2) is 0 Å². The van der Waals surface area contributed by atoms with Crippen molar-refractivity contribution in [3.05, 3.63) is 60.8 Å². The van der Waals surface area contributed by atoms with Crippen molar-refractivity contribution in [2.75, 3.05) is 0 Å². The molecule has 17 heavy (non-hydrogen) atoms. The minimum atomic E-state index is 1.20. The SMILES string of the molecule is c1ccc2c(c1)ccc1cc3cc[nH]c3cc12. The van der Waals surface area contributed by atoms with Crippen LogP contribution in [0.5, 0.6) is 0 Å². The van der Waals surface area contributed by atoms with Gasteiger partial charge in [-0.25, -0.2) is 0 Å². The maximum Gasteiger partial charge on any atom is 0.0460 e. The second-order valence-electron chi connectivity index (χ2n) is 4.42. The Kier molecular flexibility index (Phi) is 1.61. The molecule has 4 aromatic rings. The number of benzene rings is 3. The quantitative estimate of drug-likeness (QED) is 0.418. The van der Waals surface area contributed by atoms with Crippen molar-refractivity contribution in [1.29, 1.82) is 0 Å². The number of fused-ring (bicyclic) bond motifs is 4. The average molecular weight is 217 g/mol. The largest absolute Gasteiger partial charge is 0.361 e. The van der Waals surface area contributed by atoms with Gasteiger partial charge in [-0.15, -0.1) is 0 Å². The smallest absolute Gasteiger partial charge is 0.0460 e. The van der Waals surface area contributed by atoms with Gasteiger partial charge < -0.3 is 4.98 Å². The van der Waals surface area contributed by atoms with E-state index in [1.54, 1.807) is 0 Å². The van der Waals surface area contributed by atoms with Crippen LogP contribution in [-0.2, 0) is 0 Å². The van der Waals surface area contributed by atoms with Crippen LogP contribution in [0.1, 0.15) is 0 Å². The molecular formula is C16H11N. The van der Waals surface area contributed by atoms with Gasteiger partial charge in [-0.1, -0.05) is 36.4 Å². The molecule has 0 radical (unpaired) electrons. The van der Waals surface area contributed by atoms with E-state index in [0.717, 1.165) is 0 Å². The van der Waals surface area contributed by atoms with Gasteiger partial charge in [0, 0.05) is 11.7 Å². The van der Waals surface area contributed by atoms with Crippen LogP contribution in [0, 0.1) is 0 Å². The third kappa shape index (κ3) is 1.19. The van der Waals surface area contributed by atoms with E-state index in [4.69, 9.17) is 0 Å². The van der Waals surface area contributed by atoms with E-state index >= 15 is 0 Å². The van der Waals surface area contributed by atoms with E-state index in [2.05, 4.69) is 59.6 Å². The molecule has 0 aliphatic heterocycles. The third-order valence-corrected chi connectivity index (χ3v) is 3.42. The van der Waals surface area contributed by atoms with E-state index in [1.807, 2.05) is 6.20 Å². The number of rotatable bonds is 0. The van der Waals surface area contributed by atoms with E-state index in [0.29, 0.717) is 0 Å². The Bertz CT molecular complexity index is 840. The zero-order chi connectivity index (χ0) is 11.2. The van der Waals surface area contributed by atoms with Crippen LogP contribution in [0.2, 0.25) is 0 Å². The van der Waals surface area contributed by atoms with Crippen LogP contribution >= 0.6 is 0 Å². The summed E-state index contributed by atoms with van der Waals surface area (Å²) in [6.45, 7) is 0. The summed E-state index contributed by atoms with van der Waals surface area (Å²) in [6, 6.07) is 19.5. The lowest BCUT2D eigenvalue weighted by Gasteiger charge is -2.04. The lowest BCUT2D eigenvalue weighted by molar-refractivity contribution is 1.48. The summed E-state index contributed by atoms with van der Waals surface area (Å²) >= 11 is 0. The highest BCUT2D eigenvalue weighted by atomic mass is 14.7. The highest BCUT2D eigenvalue weighted by Crippen LogP contribution is 2.28. The van der Waals surface area contributed by atoms with Crippen LogP contribution in [0.3, 0.4) is 0 Å². The predicted molar refractivity (Wildman–Crippen MR) is 73.3 cm³/mol. The molecular weight excluding hydrogens is 206 g/mol. The number of nitrogens with one attached hydrogen (secondary N) is 1. The van der Waals surface area contributed by atoms with E-state index in [1.165, 1.54) is 32.4 Å². The highest BCUT2D eigenvalue weighted by Gasteiger charge is 2.02. The van der Waals surface area contributed by atoms with Crippen molar-refractivity contribution < 1.29 is 0 Å². The van der Waals surface area contributed by atoms with Crippen molar-refractivity contribution in [3.8, 4) is 0 Å². The zero-order valence-electron chi connectivity index (χ0n) is 9.27. The standard InChI is InChI=1S/C16H11N/c1-2-4-14-11(3-1)5-6-12-9-13-7-8-17-16(13)10-15(12)14/h1-10,17H. The second kappa shape index (κ2) is 3.11. The van der Waals surface area contributed by atoms with Crippen LogP contribution in [0.4, 0.5) is 0 Å². The van der Waals surface area contributed by atoms with Gasteiger partial charge in [-0.2, -0.15) is 0 Å². The molecule has 1 N–H and O–H groups in total. The Balaban J connectivity index is 2.30. The van der Waals surface area contributed by atoms with Crippen LogP contribution in [-0.4, -0.2) is 4.98 Å². The monoisotopic (exact) mass is 217 g/mol. The Hall–Kier alpha value is -2.28. The summed E-state index contributed by atoms with van der Waals surface area (Å²) in [5, 5.41) is 6.51. The molecule has 1 nitrogen and oxygen atoms in total. The first kappa shape index (κ1) is 8.82. The van der Waals surface area contributed by atoms with Crippen molar-refractivity contribution >= 4 is 32.4 Å². The fourth-order valence-corrected chi connectivity index (χ4v) is 2.56. The van der Waals surface area contributed by atoms with E-state index in [-0.39, 0.29) is 0 Å². The molecule has 4 rings (SSSR count). The van der Waals surface area contributed by atoms with Crippen molar-refractivity contribution in [1.82, 2.24) is 4.98 Å². The molecule has 0 fully saturated rings. The lowest BCUT2D eigenvalue weighted by Crippen LogP contribution is -1.78. The van der Waals surface area contributed by atoms with Crippen LogP contribution < -0.4 is 0 Å². The minimum Gasteiger partial charge on any atom is -0.361 e. The number of hydrogen-bond acceptors (Lipinski definition) is 0. The molecule has 1 heteroatoms.